The van der Waals surface area contributed by atoms with Crippen LogP contribution in [0.1, 0.15) is 40.7 Å². The molecule has 7 rings (SSSR count). The van der Waals surface area contributed by atoms with Gasteiger partial charge in [-0.1, -0.05) is 73.7 Å². The van der Waals surface area contributed by atoms with Crippen molar-refractivity contribution in [1.29, 1.82) is 0 Å². The monoisotopic (exact) mass is 526 g/mol. The Morgan fingerprint density at radius 1 is 0.675 bits per heavy atom. The summed E-state index contributed by atoms with van der Waals surface area (Å²) in [6.07, 6.45) is 4.44. The maximum atomic E-state index is 7.28. The SMILES string of the molecule is COc1ccc(C2(c3ccccc3)C=Cc3c4c(c5ccccc5c3O2)C(C)c2cc(OC)cc(OC)c2-4)cc1. The van der Waals surface area contributed by atoms with Crippen molar-refractivity contribution in [3.63, 3.8) is 0 Å². The summed E-state index contributed by atoms with van der Waals surface area (Å²) >= 11 is 0. The molecule has 1 aliphatic heterocycles. The van der Waals surface area contributed by atoms with Crippen LogP contribution >= 0.6 is 0 Å². The molecule has 0 fully saturated rings. The molecule has 1 aliphatic carbocycles. The van der Waals surface area contributed by atoms with E-state index in [9.17, 15) is 0 Å². The van der Waals surface area contributed by atoms with E-state index in [0.29, 0.717) is 0 Å². The quantitative estimate of drug-likeness (QED) is 0.231. The third-order valence-corrected chi connectivity index (χ3v) is 8.43. The van der Waals surface area contributed by atoms with Crippen molar-refractivity contribution in [2.75, 3.05) is 21.3 Å². The molecule has 4 heteroatoms. The molecular weight excluding hydrogens is 496 g/mol. The molecule has 1 heterocycles. The van der Waals surface area contributed by atoms with Crippen LogP contribution in [0.3, 0.4) is 0 Å². The second kappa shape index (κ2) is 9.20. The molecule has 0 spiro atoms. The average molecular weight is 527 g/mol. The highest BCUT2D eigenvalue weighted by Gasteiger charge is 2.41. The van der Waals surface area contributed by atoms with Gasteiger partial charge < -0.3 is 18.9 Å². The van der Waals surface area contributed by atoms with Gasteiger partial charge in [-0.25, -0.2) is 0 Å². The Labute approximate surface area is 234 Å². The zero-order valence-corrected chi connectivity index (χ0v) is 23.0. The van der Waals surface area contributed by atoms with Crippen LogP contribution in [-0.2, 0) is 5.60 Å². The Balaban J connectivity index is 1.54. The van der Waals surface area contributed by atoms with Crippen LogP contribution in [0.15, 0.2) is 97.1 Å². The van der Waals surface area contributed by atoms with Crippen LogP contribution in [0.4, 0.5) is 0 Å². The fourth-order valence-corrected chi connectivity index (χ4v) is 6.49. The predicted molar refractivity (Wildman–Crippen MR) is 160 cm³/mol. The van der Waals surface area contributed by atoms with E-state index in [2.05, 4.69) is 85.8 Å². The second-order valence-corrected chi connectivity index (χ2v) is 10.4. The lowest BCUT2D eigenvalue weighted by atomic mass is 9.81. The Morgan fingerprint density at radius 3 is 2.05 bits per heavy atom. The summed E-state index contributed by atoms with van der Waals surface area (Å²) in [7, 11) is 5.11. The lowest BCUT2D eigenvalue weighted by molar-refractivity contribution is 0.163. The first kappa shape index (κ1) is 24.3. The molecule has 2 atom stereocenters. The average Bonchev–Trinajstić information content (AvgIpc) is 3.33. The molecule has 0 aromatic heterocycles. The summed E-state index contributed by atoms with van der Waals surface area (Å²) in [4.78, 5) is 0. The molecule has 40 heavy (non-hydrogen) atoms. The van der Waals surface area contributed by atoms with E-state index in [-0.39, 0.29) is 5.92 Å². The standard InChI is InChI=1S/C36H30O4/c1-22-30-20-26(38-3)21-31(39-4)33(30)34-29-18-19-36(23-10-6-5-7-11-23,24-14-16-25(37-2)17-15-24)40-35(29)28-13-9-8-12-27(28)32(22)34/h5-22H,1-4H3. The zero-order valence-electron chi connectivity index (χ0n) is 23.0. The van der Waals surface area contributed by atoms with Gasteiger partial charge in [-0.05, 0) is 46.9 Å². The molecule has 198 valence electrons. The van der Waals surface area contributed by atoms with Gasteiger partial charge in [0.1, 0.15) is 23.0 Å². The Kier molecular flexibility index (Phi) is 5.60. The van der Waals surface area contributed by atoms with Crippen molar-refractivity contribution in [2.24, 2.45) is 0 Å². The minimum absolute atomic E-state index is 0.167. The van der Waals surface area contributed by atoms with E-state index in [0.717, 1.165) is 50.6 Å². The first-order chi connectivity index (χ1) is 19.6. The van der Waals surface area contributed by atoms with Gasteiger partial charge in [0.15, 0.2) is 5.60 Å². The van der Waals surface area contributed by atoms with Gasteiger partial charge in [0.25, 0.3) is 0 Å². The van der Waals surface area contributed by atoms with E-state index in [1.807, 2.05) is 24.3 Å². The van der Waals surface area contributed by atoms with Crippen LogP contribution in [0.2, 0.25) is 0 Å². The summed E-state index contributed by atoms with van der Waals surface area (Å²) in [5.41, 5.74) is 7.12. The van der Waals surface area contributed by atoms with E-state index in [1.165, 1.54) is 22.1 Å². The highest BCUT2D eigenvalue weighted by Crippen LogP contribution is 2.58. The van der Waals surface area contributed by atoms with Crippen LogP contribution in [-0.4, -0.2) is 21.3 Å². The van der Waals surface area contributed by atoms with Gasteiger partial charge in [-0.3, -0.25) is 0 Å². The van der Waals surface area contributed by atoms with E-state index in [4.69, 9.17) is 18.9 Å². The number of hydrogen-bond donors (Lipinski definition) is 0. The number of hydrogen-bond acceptors (Lipinski definition) is 4. The molecule has 4 nitrogen and oxygen atoms in total. The topological polar surface area (TPSA) is 36.9 Å². The van der Waals surface area contributed by atoms with Crippen LogP contribution < -0.4 is 18.9 Å². The molecule has 2 aliphatic rings. The number of ether oxygens (including phenoxy) is 4. The number of rotatable bonds is 5. The van der Waals surface area contributed by atoms with Crippen LogP contribution in [0.25, 0.3) is 28.0 Å². The first-order valence-corrected chi connectivity index (χ1v) is 13.5. The first-order valence-electron chi connectivity index (χ1n) is 13.5. The lowest BCUT2D eigenvalue weighted by Crippen LogP contribution is -2.34. The van der Waals surface area contributed by atoms with Gasteiger partial charge in [0.2, 0.25) is 0 Å². The van der Waals surface area contributed by atoms with Gasteiger partial charge in [-0.2, -0.15) is 0 Å². The molecule has 0 radical (unpaired) electrons. The molecule has 0 saturated heterocycles. The van der Waals surface area contributed by atoms with Gasteiger partial charge in [-0.15, -0.1) is 0 Å². The van der Waals surface area contributed by atoms with E-state index in [1.54, 1.807) is 21.3 Å². The van der Waals surface area contributed by atoms with Crippen molar-refractivity contribution in [2.45, 2.75) is 18.4 Å². The molecule has 0 saturated carbocycles. The lowest BCUT2D eigenvalue weighted by Gasteiger charge is -2.37. The number of fused-ring (bicyclic) bond motifs is 8. The van der Waals surface area contributed by atoms with Crippen molar-refractivity contribution in [3.05, 3.63) is 125 Å². The zero-order chi connectivity index (χ0) is 27.4. The maximum absolute atomic E-state index is 7.28. The maximum Gasteiger partial charge on any atom is 0.178 e. The van der Waals surface area contributed by atoms with Crippen molar-refractivity contribution in [3.8, 4) is 34.1 Å². The molecule has 2 unspecified atom stereocenters. The third kappa shape index (κ3) is 3.39. The van der Waals surface area contributed by atoms with Crippen LogP contribution in [0, 0.1) is 0 Å². The molecule has 0 amide bonds. The Morgan fingerprint density at radius 2 is 1.35 bits per heavy atom. The fourth-order valence-electron chi connectivity index (χ4n) is 6.49. The minimum Gasteiger partial charge on any atom is -0.497 e. The predicted octanol–water partition coefficient (Wildman–Crippen LogP) is 8.35. The summed E-state index contributed by atoms with van der Waals surface area (Å²) < 4.78 is 24.3. The molecule has 0 bridgehead atoms. The third-order valence-electron chi connectivity index (χ3n) is 8.43. The van der Waals surface area contributed by atoms with Crippen molar-refractivity contribution < 1.29 is 18.9 Å². The molecule has 5 aromatic rings. The largest absolute Gasteiger partial charge is 0.497 e. The van der Waals surface area contributed by atoms with Crippen LogP contribution in [0.5, 0.6) is 23.0 Å². The summed E-state index contributed by atoms with van der Waals surface area (Å²) in [6, 6.07) is 31.2. The fraction of sp³-hybridized carbons (Fsp3) is 0.167. The Hall–Kier alpha value is -4.70. The highest BCUT2D eigenvalue weighted by molar-refractivity contribution is 6.06. The number of methoxy groups -OCH3 is 3. The summed E-state index contributed by atoms with van der Waals surface area (Å²) in [5, 5.41) is 2.29. The minimum atomic E-state index is -0.811. The summed E-state index contributed by atoms with van der Waals surface area (Å²) in [6.45, 7) is 2.27. The summed E-state index contributed by atoms with van der Waals surface area (Å²) in [5.74, 6) is 3.45. The normalized spacial score (nSPS) is 18.4. The van der Waals surface area contributed by atoms with E-state index >= 15 is 0 Å². The Bertz CT molecular complexity index is 1790. The molecule has 0 N–H and O–H groups in total. The number of benzene rings is 5. The molecule has 5 aromatic carbocycles. The smallest absolute Gasteiger partial charge is 0.178 e. The van der Waals surface area contributed by atoms with Crippen molar-refractivity contribution in [1.82, 2.24) is 0 Å². The van der Waals surface area contributed by atoms with Crippen molar-refractivity contribution >= 4 is 16.8 Å². The van der Waals surface area contributed by atoms with E-state index < -0.39 is 5.60 Å². The molecular formula is C36H30O4. The second-order valence-electron chi connectivity index (χ2n) is 10.4. The highest BCUT2D eigenvalue weighted by atomic mass is 16.5. The van der Waals surface area contributed by atoms with Gasteiger partial charge >= 0.3 is 0 Å². The van der Waals surface area contributed by atoms with Gasteiger partial charge in [0.05, 0.1) is 21.3 Å². The van der Waals surface area contributed by atoms with Gasteiger partial charge in [0, 0.05) is 45.2 Å².